The number of anilines is 1. The highest BCUT2D eigenvalue weighted by Gasteiger charge is 2.10. The Morgan fingerprint density at radius 2 is 2.12 bits per heavy atom. The minimum absolute atomic E-state index is 0.0698. The van der Waals surface area contributed by atoms with Crippen LogP contribution in [0.3, 0.4) is 0 Å². The molecule has 2 heterocycles. The molecule has 1 aromatic carbocycles. The number of nitrogens with one attached hydrogen (secondary N) is 1. The van der Waals surface area contributed by atoms with Gasteiger partial charge in [-0.25, -0.2) is 0 Å². The molecule has 0 radical (unpaired) electrons. The number of rotatable bonds is 5. The fourth-order valence-electron chi connectivity index (χ4n) is 1.94. The molecular formula is C16H11Cl2N5O2. The van der Waals surface area contributed by atoms with E-state index < -0.39 is 5.91 Å². The minimum atomic E-state index is -0.428. The number of benzene rings is 1. The van der Waals surface area contributed by atoms with Gasteiger partial charge in [0, 0.05) is 17.8 Å². The van der Waals surface area contributed by atoms with Crippen LogP contribution in [0.15, 0.2) is 47.4 Å². The van der Waals surface area contributed by atoms with Gasteiger partial charge in [0.15, 0.2) is 0 Å². The Morgan fingerprint density at radius 1 is 1.28 bits per heavy atom. The summed E-state index contributed by atoms with van der Waals surface area (Å²) in [5, 5.41) is 14.4. The summed E-state index contributed by atoms with van der Waals surface area (Å²) >= 11 is 12.2. The first-order valence-electron chi connectivity index (χ1n) is 7.02. The van der Waals surface area contributed by atoms with Crippen LogP contribution in [-0.2, 0) is 4.79 Å². The smallest absolute Gasteiger partial charge is 0.270 e. The summed E-state index contributed by atoms with van der Waals surface area (Å²) in [7, 11) is 0. The van der Waals surface area contributed by atoms with Crippen molar-refractivity contribution >= 4 is 47.3 Å². The summed E-state index contributed by atoms with van der Waals surface area (Å²) in [5.41, 5.74) is 0.670. The molecule has 9 heteroatoms. The number of furan rings is 1. The molecule has 3 aromatic rings. The molecule has 0 unspecified atom stereocenters. The van der Waals surface area contributed by atoms with Crippen molar-refractivity contribution in [3.8, 4) is 11.3 Å². The highest BCUT2D eigenvalue weighted by Crippen LogP contribution is 2.34. The van der Waals surface area contributed by atoms with Gasteiger partial charge in [0.1, 0.15) is 11.5 Å². The third kappa shape index (κ3) is 3.96. The molecule has 0 aliphatic carbocycles. The summed E-state index contributed by atoms with van der Waals surface area (Å²) in [4.78, 5) is 13.0. The lowest BCUT2D eigenvalue weighted by Crippen LogP contribution is -2.09. The highest BCUT2D eigenvalue weighted by molar-refractivity contribution is 6.43. The number of hydrogen-bond donors (Lipinski definition) is 1. The number of hydrogen-bond acceptors (Lipinski definition) is 5. The van der Waals surface area contributed by atoms with Gasteiger partial charge < -0.3 is 4.42 Å². The van der Waals surface area contributed by atoms with Crippen molar-refractivity contribution in [3.63, 3.8) is 0 Å². The van der Waals surface area contributed by atoms with Crippen molar-refractivity contribution in [2.75, 3.05) is 5.32 Å². The Morgan fingerprint density at radius 3 is 2.88 bits per heavy atom. The molecule has 1 N–H and O–H groups in total. The number of amides is 1. The quantitative estimate of drug-likeness (QED) is 0.681. The minimum Gasteiger partial charge on any atom is -0.457 e. The van der Waals surface area contributed by atoms with Crippen molar-refractivity contribution in [1.82, 2.24) is 20.2 Å². The van der Waals surface area contributed by atoms with Gasteiger partial charge in [-0.05, 0) is 35.6 Å². The van der Waals surface area contributed by atoms with Crippen LogP contribution in [-0.4, -0.2) is 26.1 Å². The van der Waals surface area contributed by atoms with Gasteiger partial charge >= 0.3 is 0 Å². The van der Waals surface area contributed by atoms with E-state index in [0.717, 1.165) is 4.80 Å². The van der Waals surface area contributed by atoms with Gasteiger partial charge in [-0.1, -0.05) is 40.9 Å². The third-order valence-corrected chi connectivity index (χ3v) is 3.89. The van der Waals surface area contributed by atoms with Crippen LogP contribution in [0.5, 0.6) is 0 Å². The standard InChI is InChI=1S/C16H11Cl2N5O2/c1-2-23-21-16(20-22-23)19-14(24)9-7-10-6-8-13(25-10)11-4-3-5-12(17)15(11)18/h2-9H,1H2,(H,19,21,24)/b9-7+. The number of tetrazole rings is 1. The molecular weight excluding hydrogens is 365 g/mol. The van der Waals surface area contributed by atoms with Crippen LogP contribution in [0.25, 0.3) is 23.6 Å². The van der Waals surface area contributed by atoms with E-state index in [0.29, 0.717) is 27.1 Å². The average Bonchev–Trinajstić information content (AvgIpc) is 3.25. The lowest BCUT2D eigenvalue weighted by molar-refractivity contribution is -0.111. The van der Waals surface area contributed by atoms with Crippen molar-refractivity contribution < 1.29 is 9.21 Å². The SMILES string of the molecule is C=Cn1nnc(NC(=O)/C=C/c2ccc(-c3cccc(Cl)c3Cl)o2)n1. The molecule has 7 nitrogen and oxygen atoms in total. The fraction of sp³-hybridized carbons (Fsp3) is 0. The molecule has 2 aromatic heterocycles. The van der Waals surface area contributed by atoms with Crippen LogP contribution in [0.2, 0.25) is 10.0 Å². The van der Waals surface area contributed by atoms with Crippen molar-refractivity contribution in [2.24, 2.45) is 0 Å². The van der Waals surface area contributed by atoms with Gasteiger partial charge in [-0.15, -0.1) is 9.90 Å². The zero-order valence-electron chi connectivity index (χ0n) is 12.7. The molecule has 0 atom stereocenters. The van der Waals surface area contributed by atoms with Crippen molar-refractivity contribution in [2.45, 2.75) is 0 Å². The third-order valence-electron chi connectivity index (χ3n) is 3.07. The first-order valence-corrected chi connectivity index (χ1v) is 7.78. The average molecular weight is 376 g/mol. The van der Waals surface area contributed by atoms with E-state index in [1.807, 2.05) is 0 Å². The molecule has 0 aliphatic heterocycles. The van der Waals surface area contributed by atoms with E-state index in [9.17, 15) is 4.79 Å². The second kappa shape index (κ2) is 7.33. The number of carbonyl (C=O) groups excluding carboxylic acids is 1. The van der Waals surface area contributed by atoms with Gasteiger partial charge in [0.05, 0.1) is 10.0 Å². The van der Waals surface area contributed by atoms with Crippen LogP contribution in [0.4, 0.5) is 5.95 Å². The van der Waals surface area contributed by atoms with E-state index in [4.69, 9.17) is 27.6 Å². The summed E-state index contributed by atoms with van der Waals surface area (Å²) in [6.45, 7) is 3.48. The predicted molar refractivity (Wildman–Crippen MR) is 96.0 cm³/mol. The molecule has 0 saturated heterocycles. The summed E-state index contributed by atoms with van der Waals surface area (Å²) in [6, 6.07) is 8.72. The molecule has 0 aliphatic rings. The Balaban J connectivity index is 1.70. The van der Waals surface area contributed by atoms with E-state index in [1.165, 1.54) is 18.4 Å². The lowest BCUT2D eigenvalue weighted by Gasteiger charge is -2.01. The van der Waals surface area contributed by atoms with E-state index in [2.05, 4.69) is 27.3 Å². The van der Waals surface area contributed by atoms with E-state index in [1.54, 1.807) is 30.3 Å². The normalized spacial score (nSPS) is 11.0. The highest BCUT2D eigenvalue weighted by atomic mass is 35.5. The predicted octanol–water partition coefficient (Wildman–Crippen LogP) is 3.99. The van der Waals surface area contributed by atoms with Crippen LogP contribution < -0.4 is 5.32 Å². The van der Waals surface area contributed by atoms with Gasteiger partial charge in [-0.2, -0.15) is 0 Å². The Kier molecular flexibility index (Phi) is 4.97. The van der Waals surface area contributed by atoms with Crippen molar-refractivity contribution in [1.29, 1.82) is 0 Å². The number of aromatic nitrogens is 4. The van der Waals surface area contributed by atoms with Crippen LogP contribution >= 0.6 is 23.2 Å². The molecule has 0 spiro atoms. The molecule has 3 rings (SSSR count). The van der Waals surface area contributed by atoms with Crippen molar-refractivity contribution in [3.05, 3.63) is 58.8 Å². The maximum Gasteiger partial charge on any atom is 0.270 e. The monoisotopic (exact) mass is 375 g/mol. The Hall–Kier alpha value is -2.90. The topological polar surface area (TPSA) is 85.8 Å². The zero-order chi connectivity index (χ0) is 17.8. The van der Waals surface area contributed by atoms with Crippen LogP contribution in [0.1, 0.15) is 5.76 Å². The number of nitrogens with zero attached hydrogens (tertiary/aromatic N) is 4. The zero-order valence-corrected chi connectivity index (χ0v) is 14.2. The van der Waals surface area contributed by atoms with Gasteiger partial charge in [0.25, 0.3) is 11.9 Å². The summed E-state index contributed by atoms with van der Waals surface area (Å²) in [5.74, 6) is 0.662. The van der Waals surface area contributed by atoms with E-state index >= 15 is 0 Å². The maximum absolute atomic E-state index is 11.8. The fourth-order valence-corrected chi connectivity index (χ4v) is 2.34. The van der Waals surface area contributed by atoms with Gasteiger partial charge in [0.2, 0.25) is 0 Å². The van der Waals surface area contributed by atoms with E-state index in [-0.39, 0.29) is 5.95 Å². The second-order valence-corrected chi connectivity index (χ2v) is 5.53. The molecule has 0 saturated carbocycles. The number of halogens is 2. The molecule has 25 heavy (non-hydrogen) atoms. The lowest BCUT2D eigenvalue weighted by atomic mass is 10.2. The maximum atomic E-state index is 11.8. The molecule has 0 fully saturated rings. The number of carbonyl (C=O) groups is 1. The van der Waals surface area contributed by atoms with Crippen LogP contribution in [0, 0.1) is 0 Å². The molecule has 0 bridgehead atoms. The Labute approximate surface area is 152 Å². The molecule has 126 valence electrons. The Bertz CT molecular complexity index is 961. The molecule has 1 amide bonds. The first kappa shape index (κ1) is 16.9. The second-order valence-electron chi connectivity index (χ2n) is 4.74. The largest absolute Gasteiger partial charge is 0.457 e. The summed E-state index contributed by atoms with van der Waals surface area (Å²) < 4.78 is 5.66. The summed E-state index contributed by atoms with van der Waals surface area (Å²) in [6.07, 6.45) is 4.15. The first-order chi connectivity index (χ1) is 12.1. The van der Waals surface area contributed by atoms with Gasteiger partial charge in [-0.3, -0.25) is 10.1 Å².